The molecule has 26 heavy (non-hydrogen) atoms. The SMILES string of the molecule is Cc1ccc(NC(=O)CCCC[C@@H]2[C@@H]3NC(=O)N[C@@H]3CS2(=O)=O)cc1Cl. The number of benzene rings is 1. The van der Waals surface area contributed by atoms with Gasteiger partial charge in [-0.2, -0.15) is 0 Å². The minimum atomic E-state index is -3.22. The first-order chi connectivity index (χ1) is 12.3. The summed E-state index contributed by atoms with van der Waals surface area (Å²) in [6, 6.07) is 4.32. The van der Waals surface area contributed by atoms with E-state index in [0.717, 1.165) is 5.56 Å². The molecule has 0 aliphatic carbocycles. The first-order valence-electron chi connectivity index (χ1n) is 8.61. The molecule has 7 nitrogen and oxygen atoms in total. The van der Waals surface area contributed by atoms with Crippen molar-refractivity contribution in [3.63, 3.8) is 0 Å². The van der Waals surface area contributed by atoms with Gasteiger partial charge in [0, 0.05) is 17.1 Å². The van der Waals surface area contributed by atoms with Crippen molar-refractivity contribution in [2.24, 2.45) is 0 Å². The van der Waals surface area contributed by atoms with Gasteiger partial charge >= 0.3 is 6.03 Å². The Labute approximate surface area is 157 Å². The summed E-state index contributed by atoms with van der Waals surface area (Å²) >= 11 is 6.03. The van der Waals surface area contributed by atoms with Crippen molar-refractivity contribution in [1.29, 1.82) is 0 Å². The molecule has 9 heteroatoms. The monoisotopic (exact) mass is 399 g/mol. The van der Waals surface area contributed by atoms with Gasteiger partial charge in [-0.25, -0.2) is 13.2 Å². The number of hydrogen-bond donors (Lipinski definition) is 3. The number of urea groups is 1. The van der Waals surface area contributed by atoms with E-state index < -0.39 is 15.1 Å². The number of fused-ring (bicyclic) bond motifs is 1. The minimum absolute atomic E-state index is 0.0181. The van der Waals surface area contributed by atoms with Crippen molar-refractivity contribution < 1.29 is 18.0 Å². The van der Waals surface area contributed by atoms with Gasteiger partial charge in [0.05, 0.1) is 23.1 Å². The fraction of sp³-hybridized carbons (Fsp3) is 0.529. The van der Waals surface area contributed by atoms with Crippen LogP contribution in [0.25, 0.3) is 0 Å². The van der Waals surface area contributed by atoms with Crippen LogP contribution in [0.3, 0.4) is 0 Å². The Morgan fingerprint density at radius 2 is 2.08 bits per heavy atom. The zero-order chi connectivity index (χ0) is 18.9. The molecule has 142 valence electrons. The molecule has 1 aromatic rings. The standard InChI is InChI=1S/C17H22ClN3O4S/c1-10-6-7-11(8-12(10)18)19-15(22)5-3-2-4-14-16-13(9-26(14,24)25)20-17(23)21-16/h6-8,13-14,16H,2-5,9H2,1H3,(H,19,22)(H2,20,21,23)/t13-,14-,16-/m1/s1. The van der Waals surface area contributed by atoms with Crippen molar-refractivity contribution in [1.82, 2.24) is 10.6 Å². The normalized spacial score (nSPS) is 26.1. The molecule has 0 unspecified atom stereocenters. The molecule has 2 fully saturated rings. The van der Waals surface area contributed by atoms with E-state index in [1.54, 1.807) is 12.1 Å². The highest BCUT2D eigenvalue weighted by Gasteiger charge is 2.51. The number of carbonyl (C=O) groups excluding carboxylic acids is 2. The van der Waals surface area contributed by atoms with Crippen molar-refractivity contribution in [3.05, 3.63) is 28.8 Å². The lowest BCUT2D eigenvalue weighted by atomic mass is 10.0. The molecule has 0 bridgehead atoms. The largest absolute Gasteiger partial charge is 0.332 e. The number of nitrogens with one attached hydrogen (secondary N) is 3. The predicted octanol–water partition coefficient (Wildman–Crippen LogP) is 1.99. The second-order valence-corrected chi connectivity index (χ2v) is 9.55. The summed E-state index contributed by atoms with van der Waals surface area (Å²) in [7, 11) is -3.22. The average molecular weight is 400 g/mol. The second-order valence-electron chi connectivity index (χ2n) is 6.88. The van der Waals surface area contributed by atoms with Crippen molar-refractivity contribution >= 4 is 39.1 Å². The number of rotatable bonds is 6. The molecule has 3 atom stereocenters. The quantitative estimate of drug-likeness (QED) is 0.502. The summed E-state index contributed by atoms with van der Waals surface area (Å²) < 4.78 is 24.5. The van der Waals surface area contributed by atoms with E-state index in [-0.39, 0.29) is 29.8 Å². The van der Waals surface area contributed by atoms with Gasteiger partial charge in [-0.15, -0.1) is 0 Å². The van der Waals surface area contributed by atoms with Gasteiger partial charge in [0.1, 0.15) is 0 Å². The molecule has 3 rings (SSSR count). The Bertz CT molecular complexity index is 827. The zero-order valence-electron chi connectivity index (χ0n) is 14.4. The summed E-state index contributed by atoms with van der Waals surface area (Å²) in [6.07, 6.45) is 1.92. The number of unbranched alkanes of at least 4 members (excludes halogenated alkanes) is 1. The van der Waals surface area contributed by atoms with Gasteiger partial charge in [0.25, 0.3) is 0 Å². The van der Waals surface area contributed by atoms with Crippen LogP contribution < -0.4 is 16.0 Å². The highest BCUT2D eigenvalue weighted by molar-refractivity contribution is 7.92. The summed E-state index contributed by atoms with van der Waals surface area (Å²) in [5, 5.41) is 8.14. The number of anilines is 1. The molecule has 0 aromatic heterocycles. The molecule has 3 N–H and O–H groups in total. The van der Waals surface area contributed by atoms with Crippen molar-refractivity contribution in [2.45, 2.75) is 49.9 Å². The molecule has 2 aliphatic rings. The molecule has 0 radical (unpaired) electrons. The van der Waals surface area contributed by atoms with Crippen LogP contribution in [0.5, 0.6) is 0 Å². The molecular formula is C17H22ClN3O4S. The number of amides is 3. The van der Waals surface area contributed by atoms with E-state index >= 15 is 0 Å². The van der Waals surface area contributed by atoms with Crippen LogP contribution in [0.1, 0.15) is 31.2 Å². The van der Waals surface area contributed by atoms with Gasteiger partial charge in [0.15, 0.2) is 9.84 Å². The average Bonchev–Trinajstić information content (AvgIpc) is 2.99. The van der Waals surface area contributed by atoms with Crippen LogP contribution in [0, 0.1) is 6.92 Å². The van der Waals surface area contributed by atoms with Gasteiger partial charge in [-0.3, -0.25) is 4.79 Å². The number of halogens is 1. The first kappa shape index (κ1) is 19.0. The number of carbonyl (C=O) groups is 2. The Kier molecular flexibility index (Phi) is 5.43. The summed E-state index contributed by atoms with van der Waals surface area (Å²) in [4.78, 5) is 23.4. The van der Waals surface area contributed by atoms with E-state index in [4.69, 9.17) is 11.6 Å². The van der Waals surface area contributed by atoms with E-state index in [1.165, 1.54) is 0 Å². The van der Waals surface area contributed by atoms with Gasteiger partial charge in [-0.05, 0) is 37.5 Å². The number of hydrogen-bond acceptors (Lipinski definition) is 4. The fourth-order valence-electron chi connectivity index (χ4n) is 3.53. The lowest BCUT2D eigenvalue weighted by molar-refractivity contribution is -0.116. The molecule has 0 saturated carbocycles. The maximum Gasteiger partial charge on any atom is 0.315 e. The maximum atomic E-state index is 12.2. The summed E-state index contributed by atoms with van der Waals surface area (Å²) in [5.74, 6) is -0.150. The first-order valence-corrected chi connectivity index (χ1v) is 10.7. The van der Waals surface area contributed by atoms with Gasteiger partial charge in [0.2, 0.25) is 5.91 Å². The Hall–Kier alpha value is -1.80. The third-order valence-electron chi connectivity index (χ3n) is 4.92. The zero-order valence-corrected chi connectivity index (χ0v) is 16.0. The Morgan fingerprint density at radius 3 is 2.81 bits per heavy atom. The number of sulfone groups is 1. The molecule has 2 aliphatic heterocycles. The van der Waals surface area contributed by atoms with Gasteiger partial charge in [-0.1, -0.05) is 24.1 Å². The van der Waals surface area contributed by atoms with Crippen LogP contribution in [-0.4, -0.2) is 43.4 Å². The second kappa shape index (κ2) is 7.44. The van der Waals surface area contributed by atoms with E-state index in [9.17, 15) is 18.0 Å². The minimum Gasteiger partial charge on any atom is -0.332 e. The molecule has 2 saturated heterocycles. The van der Waals surface area contributed by atoms with Crippen LogP contribution >= 0.6 is 11.6 Å². The number of aryl methyl sites for hydroxylation is 1. The third kappa shape index (κ3) is 4.12. The lowest BCUT2D eigenvalue weighted by Crippen LogP contribution is -2.39. The van der Waals surface area contributed by atoms with E-state index in [0.29, 0.717) is 36.4 Å². The van der Waals surface area contributed by atoms with Crippen molar-refractivity contribution in [3.8, 4) is 0 Å². The highest BCUT2D eigenvalue weighted by atomic mass is 35.5. The molecule has 2 heterocycles. The van der Waals surface area contributed by atoms with Crippen molar-refractivity contribution in [2.75, 3.05) is 11.1 Å². The van der Waals surface area contributed by atoms with Crippen LogP contribution in [0.15, 0.2) is 18.2 Å². The van der Waals surface area contributed by atoms with E-state index in [1.807, 2.05) is 13.0 Å². The molecular weight excluding hydrogens is 378 g/mol. The molecule has 0 spiro atoms. The van der Waals surface area contributed by atoms with Crippen LogP contribution in [-0.2, 0) is 14.6 Å². The van der Waals surface area contributed by atoms with Crippen LogP contribution in [0.4, 0.5) is 10.5 Å². The highest BCUT2D eigenvalue weighted by Crippen LogP contribution is 2.28. The van der Waals surface area contributed by atoms with Gasteiger partial charge < -0.3 is 16.0 Å². The summed E-state index contributed by atoms with van der Waals surface area (Å²) in [5.41, 5.74) is 1.58. The molecule has 3 amide bonds. The third-order valence-corrected chi connectivity index (χ3v) is 7.60. The molecule has 1 aromatic carbocycles. The predicted molar refractivity (Wildman–Crippen MR) is 100 cm³/mol. The summed E-state index contributed by atoms with van der Waals surface area (Å²) in [6.45, 7) is 1.89. The smallest absolute Gasteiger partial charge is 0.315 e. The van der Waals surface area contributed by atoms with E-state index in [2.05, 4.69) is 16.0 Å². The fourth-order valence-corrected chi connectivity index (χ4v) is 5.98. The van der Waals surface area contributed by atoms with Crippen LogP contribution in [0.2, 0.25) is 5.02 Å². The lowest BCUT2D eigenvalue weighted by Gasteiger charge is -2.16. The maximum absolute atomic E-state index is 12.2. The Morgan fingerprint density at radius 1 is 1.31 bits per heavy atom. The topological polar surface area (TPSA) is 104 Å². The Balaban J connectivity index is 1.45.